The Hall–Kier alpha value is -2.45. The first-order valence-electron chi connectivity index (χ1n) is 10.2. The van der Waals surface area contributed by atoms with E-state index in [1.165, 1.54) is 22.5 Å². The van der Waals surface area contributed by atoms with Crippen LogP contribution in [0.5, 0.6) is 0 Å². The molecular formula is C22H30FN3O3S. The molecule has 0 heterocycles. The number of carbonyl (C=O) groups is 1. The van der Waals surface area contributed by atoms with E-state index in [-0.39, 0.29) is 23.0 Å². The van der Waals surface area contributed by atoms with Crippen LogP contribution in [0, 0.1) is 5.82 Å². The summed E-state index contributed by atoms with van der Waals surface area (Å²) in [5, 5.41) is 2.85. The molecule has 2 aromatic carbocycles. The fourth-order valence-electron chi connectivity index (χ4n) is 3.31. The number of nitrogens with one attached hydrogen (secondary N) is 1. The lowest BCUT2D eigenvalue weighted by atomic mass is 10.1. The number of carbonyl (C=O) groups excluding carboxylic acids is 1. The van der Waals surface area contributed by atoms with E-state index in [1.54, 1.807) is 38.1 Å². The number of hydrogen-bond acceptors (Lipinski definition) is 4. The van der Waals surface area contributed by atoms with E-state index >= 15 is 0 Å². The van der Waals surface area contributed by atoms with Crippen LogP contribution < -0.4 is 10.2 Å². The Bertz CT molecular complexity index is 954. The van der Waals surface area contributed by atoms with E-state index in [4.69, 9.17) is 0 Å². The largest absolute Gasteiger partial charge is 0.370 e. The first kappa shape index (κ1) is 23.8. The van der Waals surface area contributed by atoms with Gasteiger partial charge >= 0.3 is 0 Å². The Balaban J connectivity index is 2.40. The van der Waals surface area contributed by atoms with Gasteiger partial charge in [0.1, 0.15) is 5.82 Å². The molecule has 0 bridgehead atoms. The second-order valence-electron chi connectivity index (χ2n) is 6.79. The first-order valence-corrected chi connectivity index (χ1v) is 11.6. The second kappa shape index (κ2) is 10.5. The van der Waals surface area contributed by atoms with Crippen LogP contribution in [0.4, 0.5) is 15.8 Å². The van der Waals surface area contributed by atoms with Crippen LogP contribution in [-0.4, -0.2) is 44.8 Å². The molecule has 2 aromatic rings. The summed E-state index contributed by atoms with van der Waals surface area (Å²) >= 11 is 0. The molecule has 0 saturated heterocycles. The summed E-state index contributed by atoms with van der Waals surface area (Å²) in [6, 6.07) is 10.6. The van der Waals surface area contributed by atoms with E-state index in [1.807, 2.05) is 18.7 Å². The lowest BCUT2D eigenvalue weighted by molar-refractivity contribution is -0.115. The second-order valence-corrected chi connectivity index (χ2v) is 8.73. The topological polar surface area (TPSA) is 69.7 Å². The minimum absolute atomic E-state index is 0.0605. The van der Waals surface area contributed by atoms with E-state index < -0.39 is 10.0 Å². The maximum Gasteiger partial charge on any atom is 0.243 e. The predicted octanol–water partition coefficient (Wildman–Crippen LogP) is 3.88. The SMILES string of the molecule is CCN(CC)c1ccc(S(=O)(=O)N(CC)CC)cc1NC(=O)Cc1ccc(F)cc1. The lowest BCUT2D eigenvalue weighted by Crippen LogP contribution is -2.31. The van der Waals surface area contributed by atoms with E-state index in [2.05, 4.69) is 5.32 Å². The van der Waals surface area contributed by atoms with Gasteiger partial charge in [-0.1, -0.05) is 26.0 Å². The normalized spacial score (nSPS) is 11.5. The number of rotatable bonds is 10. The molecule has 164 valence electrons. The van der Waals surface area contributed by atoms with E-state index in [0.29, 0.717) is 37.4 Å². The van der Waals surface area contributed by atoms with Gasteiger partial charge in [0.25, 0.3) is 0 Å². The summed E-state index contributed by atoms with van der Waals surface area (Å²) in [6.45, 7) is 9.71. The van der Waals surface area contributed by atoms with Crippen LogP contribution in [-0.2, 0) is 21.2 Å². The Morgan fingerprint density at radius 1 is 0.933 bits per heavy atom. The highest BCUT2D eigenvalue weighted by molar-refractivity contribution is 7.89. The molecule has 0 spiro atoms. The molecule has 2 rings (SSSR count). The fraction of sp³-hybridized carbons (Fsp3) is 0.409. The molecule has 0 aromatic heterocycles. The highest BCUT2D eigenvalue weighted by Crippen LogP contribution is 2.30. The average molecular weight is 436 g/mol. The van der Waals surface area contributed by atoms with Crippen LogP contribution in [0.2, 0.25) is 0 Å². The van der Waals surface area contributed by atoms with Crippen LogP contribution in [0.1, 0.15) is 33.3 Å². The molecule has 0 fully saturated rings. The van der Waals surface area contributed by atoms with Crippen molar-refractivity contribution in [2.45, 2.75) is 39.0 Å². The van der Waals surface area contributed by atoms with Gasteiger partial charge in [-0.15, -0.1) is 0 Å². The van der Waals surface area contributed by atoms with E-state index in [9.17, 15) is 17.6 Å². The van der Waals surface area contributed by atoms with Crippen molar-refractivity contribution in [1.82, 2.24) is 4.31 Å². The van der Waals surface area contributed by atoms with Crippen LogP contribution >= 0.6 is 0 Å². The van der Waals surface area contributed by atoms with E-state index in [0.717, 1.165) is 5.69 Å². The average Bonchev–Trinajstić information content (AvgIpc) is 2.72. The van der Waals surface area contributed by atoms with Crippen LogP contribution in [0.15, 0.2) is 47.4 Å². The van der Waals surface area contributed by atoms with Crippen molar-refractivity contribution >= 4 is 27.3 Å². The van der Waals surface area contributed by atoms with Gasteiger partial charge in [-0.3, -0.25) is 4.79 Å². The number of hydrogen-bond donors (Lipinski definition) is 1. The summed E-state index contributed by atoms with van der Waals surface area (Å²) < 4.78 is 40.4. The molecule has 0 aliphatic heterocycles. The highest BCUT2D eigenvalue weighted by atomic mass is 32.2. The number of sulfonamides is 1. The summed E-state index contributed by atoms with van der Waals surface area (Å²) in [4.78, 5) is 14.8. The molecule has 1 amide bonds. The number of halogens is 1. The minimum atomic E-state index is -3.66. The molecule has 0 radical (unpaired) electrons. The fourth-order valence-corrected chi connectivity index (χ4v) is 4.80. The van der Waals surface area contributed by atoms with Crippen LogP contribution in [0.3, 0.4) is 0 Å². The van der Waals surface area contributed by atoms with Crippen molar-refractivity contribution in [2.75, 3.05) is 36.4 Å². The van der Waals surface area contributed by atoms with Gasteiger partial charge in [0.05, 0.1) is 22.7 Å². The third kappa shape index (κ3) is 5.58. The molecule has 0 aliphatic rings. The summed E-state index contributed by atoms with van der Waals surface area (Å²) in [5.41, 5.74) is 1.87. The predicted molar refractivity (Wildman–Crippen MR) is 119 cm³/mol. The van der Waals surface area contributed by atoms with Crippen molar-refractivity contribution < 1.29 is 17.6 Å². The Kier molecular flexibility index (Phi) is 8.37. The Morgan fingerprint density at radius 3 is 2.07 bits per heavy atom. The van der Waals surface area contributed by atoms with Crippen molar-refractivity contribution in [3.8, 4) is 0 Å². The van der Waals surface area contributed by atoms with Gasteiger partial charge < -0.3 is 10.2 Å². The number of benzene rings is 2. The summed E-state index contributed by atoms with van der Waals surface area (Å²) in [7, 11) is -3.66. The van der Waals surface area contributed by atoms with Gasteiger partial charge in [-0.2, -0.15) is 4.31 Å². The molecule has 1 N–H and O–H groups in total. The zero-order valence-electron chi connectivity index (χ0n) is 18.0. The number of anilines is 2. The third-order valence-corrected chi connectivity index (χ3v) is 7.01. The Morgan fingerprint density at radius 2 is 1.53 bits per heavy atom. The summed E-state index contributed by atoms with van der Waals surface area (Å²) in [5.74, 6) is -0.662. The van der Waals surface area contributed by atoms with Crippen molar-refractivity contribution in [3.63, 3.8) is 0 Å². The lowest BCUT2D eigenvalue weighted by Gasteiger charge is -2.26. The summed E-state index contributed by atoms with van der Waals surface area (Å²) in [6.07, 6.45) is 0.0605. The Labute approximate surface area is 178 Å². The molecule has 30 heavy (non-hydrogen) atoms. The van der Waals surface area contributed by atoms with Gasteiger partial charge in [0, 0.05) is 26.2 Å². The maximum atomic E-state index is 13.1. The third-order valence-electron chi connectivity index (χ3n) is 4.97. The van der Waals surface area contributed by atoms with Gasteiger partial charge in [0.15, 0.2) is 0 Å². The molecule has 8 heteroatoms. The molecule has 0 unspecified atom stereocenters. The zero-order chi connectivity index (χ0) is 22.3. The highest BCUT2D eigenvalue weighted by Gasteiger charge is 2.24. The molecule has 0 aliphatic carbocycles. The van der Waals surface area contributed by atoms with Gasteiger partial charge in [-0.05, 0) is 49.7 Å². The van der Waals surface area contributed by atoms with Gasteiger partial charge in [0.2, 0.25) is 15.9 Å². The monoisotopic (exact) mass is 435 g/mol. The molecule has 0 saturated carbocycles. The number of nitrogens with zero attached hydrogens (tertiary/aromatic N) is 2. The molecular weight excluding hydrogens is 405 g/mol. The zero-order valence-corrected chi connectivity index (χ0v) is 18.8. The number of amides is 1. The minimum Gasteiger partial charge on any atom is -0.370 e. The maximum absolute atomic E-state index is 13.1. The first-order chi connectivity index (χ1) is 14.3. The standard InChI is InChI=1S/C22H30FN3O3S/c1-5-25(6-2)21-14-13-19(30(28,29)26(7-3)8-4)16-20(21)24-22(27)15-17-9-11-18(23)12-10-17/h9-14,16H,5-8,15H2,1-4H3,(H,24,27). The van der Waals surface area contributed by atoms with Crippen LogP contribution in [0.25, 0.3) is 0 Å². The quantitative estimate of drug-likeness (QED) is 0.615. The molecule has 0 atom stereocenters. The van der Waals surface area contributed by atoms with Crippen molar-refractivity contribution in [1.29, 1.82) is 0 Å². The molecule has 6 nitrogen and oxygen atoms in total. The smallest absolute Gasteiger partial charge is 0.243 e. The van der Waals surface area contributed by atoms with Crippen molar-refractivity contribution in [3.05, 3.63) is 53.8 Å². The van der Waals surface area contributed by atoms with Crippen molar-refractivity contribution in [2.24, 2.45) is 0 Å². The van der Waals surface area contributed by atoms with Gasteiger partial charge in [-0.25, -0.2) is 12.8 Å².